The minimum atomic E-state index is 0.179. The highest BCUT2D eigenvalue weighted by atomic mass is 14.4. The van der Waals surface area contributed by atoms with Gasteiger partial charge in [-0.05, 0) is 39.9 Å². The minimum Gasteiger partial charge on any atom is -0.0593 e. The van der Waals surface area contributed by atoms with E-state index in [0.29, 0.717) is 0 Å². The molecule has 1 aromatic carbocycles. The van der Waals surface area contributed by atoms with Gasteiger partial charge in [0.2, 0.25) is 0 Å². The quantitative estimate of drug-likeness (QED) is 0.603. The van der Waals surface area contributed by atoms with Crippen molar-refractivity contribution in [3.8, 4) is 0 Å². The maximum absolute atomic E-state index is 2.42. The largest absolute Gasteiger partial charge is 0.0593 e. The Kier molecular flexibility index (Phi) is 3.74. The molecule has 1 rings (SSSR count). The van der Waals surface area contributed by atoms with Crippen molar-refractivity contribution in [2.45, 2.75) is 73.1 Å². The summed E-state index contributed by atoms with van der Waals surface area (Å²) in [6.45, 7) is 20.8. The van der Waals surface area contributed by atoms with Gasteiger partial charge in [0.05, 0.1) is 0 Å². The molecule has 0 radical (unpaired) electrons. The summed E-state index contributed by atoms with van der Waals surface area (Å²) in [6, 6.07) is 6.97. The summed E-state index contributed by atoms with van der Waals surface area (Å²) < 4.78 is 0. The fraction of sp³-hybridized carbons (Fsp3) is 0.667. The molecule has 0 heteroatoms. The van der Waals surface area contributed by atoms with E-state index in [1.807, 2.05) is 0 Å². The Morgan fingerprint density at radius 3 is 1.67 bits per heavy atom. The van der Waals surface area contributed by atoms with Crippen LogP contribution in [0.1, 0.15) is 72.1 Å². The van der Waals surface area contributed by atoms with Crippen LogP contribution >= 0.6 is 0 Å². The van der Waals surface area contributed by atoms with Gasteiger partial charge in [0, 0.05) is 0 Å². The number of hydrogen-bond donors (Lipinski definition) is 0. The van der Waals surface area contributed by atoms with Gasteiger partial charge < -0.3 is 0 Å². The highest BCUT2D eigenvalue weighted by Gasteiger charge is 2.35. The molecule has 18 heavy (non-hydrogen) atoms. The summed E-state index contributed by atoms with van der Waals surface area (Å²) in [4.78, 5) is 0. The van der Waals surface area contributed by atoms with E-state index >= 15 is 0 Å². The molecular formula is C18H30. The number of benzene rings is 1. The van der Waals surface area contributed by atoms with Crippen LogP contribution in [0.5, 0.6) is 0 Å². The van der Waals surface area contributed by atoms with Crippen LogP contribution in [0.25, 0.3) is 0 Å². The van der Waals surface area contributed by atoms with Crippen molar-refractivity contribution in [2.75, 3.05) is 0 Å². The van der Waals surface area contributed by atoms with Gasteiger partial charge >= 0.3 is 0 Å². The predicted octanol–water partition coefficient (Wildman–Crippen LogP) is 5.62. The third-order valence-electron chi connectivity index (χ3n) is 4.65. The first-order valence-corrected chi connectivity index (χ1v) is 6.99. The molecule has 0 unspecified atom stereocenters. The fourth-order valence-corrected chi connectivity index (χ4v) is 2.17. The first kappa shape index (κ1) is 15.3. The van der Waals surface area contributed by atoms with Crippen molar-refractivity contribution < 1.29 is 0 Å². The normalized spacial score (nSPS) is 13.8. The first-order valence-electron chi connectivity index (χ1n) is 6.99. The summed E-state index contributed by atoms with van der Waals surface area (Å²) in [5.74, 6) is 0. The zero-order valence-corrected chi connectivity index (χ0v) is 13.7. The van der Waals surface area contributed by atoms with Crippen molar-refractivity contribution in [1.29, 1.82) is 0 Å². The van der Waals surface area contributed by atoms with E-state index < -0.39 is 0 Å². The van der Waals surface area contributed by atoms with E-state index in [2.05, 4.69) is 80.5 Å². The van der Waals surface area contributed by atoms with Gasteiger partial charge in [0.25, 0.3) is 0 Å². The Morgan fingerprint density at radius 1 is 0.778 bits per heavy atom. The van der Waals surface area contributed by atoms with E-state index in [0.717, 1.165) is 0 Å². The summed E-state index contributed by atoms with van der Waals surface area (Å²) >= 11 is 0. The van der Waals surface area contributed by atoms with Gasteiger partial charge in [-0.2, -0.15) is 0 Å². The average Bonchev–Trinajstić information content (AvgIpc) is 2.14. The van der Waals surface area contributed by atoms with E-state index in [9.17, 15) is 0 Å². The molecule has 0 saturated carbocycles. The van der Waals surface area contributed by atoms with Gasteiger partial charge in [-0.3, -0.25) is 0 Å². The fourth-order valence-electron chi connectivity index (χ4n) is 2.17. The standard InChI is InChI=1S/C18H30/c1-13-10-11-14(16(2,3)4)12-15(13)18(8,9)17(5,6)7/h10-12H,1-9H3. The Hall–Kier alpha value is -0.780. The maximum Gasteiger partial charge on any atom is -0.00523 e. The summed E-state index contributed by atoms with van der Waals surface area (Å²) in [7, 11) is 0. The molecule has 0 aliphatic carbocycles. The van der Waals surface area contributed by atoms with E-state index in [1.165, 1.54) is 16.7 Å². The molecule has 0 heterocycles. The minimum absolute atomic E-state index is 0.179. The lowest BCUT2D eigenvalue weighted by molar-refractivity contribution is 0.224. The number of hydrogen-bond acceptors (Lipinski definition) is 0. The highest BCUT2D eigenvalue weighted by molar-refractivity contribution is 5.39. The van der Waals surface area contributed by atoms with E-state index in [-0.39, 0.29) is 16.2 Å². The zero-order valence-electron chi connectivity index (χ0n) is 13.7. The van der Waals surface area contributed by atoms with Gasteiger partial charge in [0.1, 0.15) is 0 Å². The predicted molar refractivity (Wildman–Crippen MR) is 82.4 cm³/mol. The first-order chi connectivity index (χ1) is 7.87. The topological polar surface area (TPSA) is 0 Å². The van der Waals surface area contributed by atoms with Crippen molar-refractivity contribution in [3.63, 3.8) is 0 Å². The van der Waals surface area contributed by atoms with Crippen molar-refractivity contribution in [1.82, 2.24) is 0 Å². The number of rotatable bonds is 1. The molecule has 0 amide bonds. The second-order valence-electron chi connectivity index (χ2n) is 8.15. The van der Waals surface area contributed by atoms with E-state index in [1.54, 1.807) is 0 Å². The molecule has 1 aromatic rings. The zero-order chi connectivity index (χ0) is 14.4. The lowest BCUT2D eigenvalue weighted by Gasteiger charge is -2.41. The molecule has 0 N–H and O–H groups in total. The lowest BCUT2D eigenvalue weighted by atomic mass is 9.63. The lowest BCUT2D eigenvalue weighted by Crippen LogP contribution is -2.35. The Labute approximate surface area is 114 Å². The van der Waals surface area contributed by atoms with E-state index in [4.69, 9.17) is 0 Å². The molecule has 0 bridgehead atoms. The SMILES string of the molecule is Cc1ccc(C(C)(C)C)cc1C(C)(C)C(C)(C)C. The van der Waals surface area contributed by atoms with Crippen LogP contribution < -0.4 is 0 Å². The smallest absolute Gasteiger partial charge is 0.00523 e. The molecule has 0 nitrogen and oxygen atoms in total. The summed E-state index contributed by atoms with van der Waals surface area (Å²) in [5.41, 5.74) is 4.98. The van der Waals surface area contributed by atoms with Crippen molar-refractivity contribution in [3.05, 3.63) is 34.9 Å². The summed E-state index contributed by atoms with van der Waals surface area (Å²) in [5, 5.41) is 0. The third-order valence-corrected chi connectivity index (χ3v) is 4.65. The Bertz CT molecular complexity index is 422. The molecule has 0 saturated heterocycles. The Morgan fingerprint density at radius 2 is 1.28 bits per heavy atom. The van der Waals surface area contributed by atoms with Gasteiger partial charge in [-0.15, -0.1) is 0 Å². The second kappa shape index (κ2) is 4.40. The third kappa shape index (κ3) is 2.79. The second-order valence-corrected chi connectivity index (χ2v) is 8.15. The van der Waals surface area contributed by atoms with Crippen molar-refractivity contribution in [2.24, 2.45) is 5.41 Å². The highest BCUT2D eigenvalue weighted by Crippen LogP contribution is 2.43. The van der Waals surface area contributed by atoms with Crippen molar-refractivity contribution >= 4 is 0 Å². The molecule has 0 fully saturated rings. The molecule has 0 atom stereocenters. The van der Waals surface area contributed by atoms with Gasteiger partial charge in [-0.1, -0.05) is 73.6 Å². The van der Waals surface area contributed by atoms with Crippen LogP contribution in [0.4, 0.5) is 0 Å². The van der Waals surface area contributed by atoms with Crippen LogP contribution in [-0.4, -0.2) is 0 Å². The molecular weight excluding hydrogens is 216 g/mol. The van der Waals surface area contributed by atoms with Crippen LogP contribution in [0.2, 0.25) is 0 Å². The molecule has 0 aliphatic heterocycles. The van der Waals surface area contributed by atoms with Crippen LogP contribution in [0.15, 0.2) is 18.2 Å². The van der Waals surface area contributed by atoms with Gasteiger partial charge in [0.15, 0.2) is 0 Å². The Balaban J connectivity index is 3.42. The van der Waals surface area contributed by atoms with Gasteiger partial charge in [-0.25, -0.2) is 0 Å². The summed E-state index contributed by atoms with van der Waals surface area (Å²) in [6.07, 6.45) is 0. The molecule has 0 aliphatic rings. The number of aryl methyl sites for hydroxylation is 1. The monoisotopic (exact) mass is 246 g/mol. The van der Waals surface area contributed by atoms with Crippen LogP contribution in [0.3, 0.4) is 0 Å². The van der Waals surface area contributed by atoms with Crippen LogP contribution in [-0.2, 0) is 10.8 Å². The van der Waals surface area contributed by atoms with Crippen LogP contribution in [0, 0.1) is 12.3 Å². The molecule has 102 valence electrons. The average molecular weight is 246 g/mol. The molecule has 0 spiro atoms. The molecule has 0 aromatic heterocycles. The maximum atomic E-state index is 2.42.